The van der Waals surface area contributed by atoms with E-state index in [0.29, 0.717) is 31.8 Å². The van der Waals surface area contributed by atoms with E-state index in [0.717, 1.165) is 24.8 Å². The number of fused-ring (bicyclic) bond motifs is 1. The maximum atomic E-state index is 13.6. The molecule has 0 aromatic heterocycles. The minimum atomic E-state index is -4.02. The average molecular weight is 489 g/mol. The van der Waals surface area contributed by atoms with Crippen LogP contribution in [0.25, 0.3) is 0 Å². The zero-order valence-corrected chi connectivity index (χ0v) is 19.8. The summed E-state index contributed by atoms with van der Waals surface area (Å²) in [7, 11) is -2.65. The van der Waals surface area contributed by atoms with Gasteiger partial charge < -0.3 is 19.5 Å². The van der Waals surface area contributed by atoms with E-state index >= 15 is 0 Å². The number of rotatable bonds is 8. The fourth-order valence-corrected chi connectivity index (χ4v) is 5.90. The molecule has 1 amide bonds. The highest BCUT2D eigenvalue weighted by atomic mass is 32.2. The lowest BCUT2D eigenvalue weighted by Gasteiger charge is -2.30. The minimum absolute atomic E-state index is 0.0107. The molecule has 0 bridgehead atoms. The number of esters is 1. The van der Waals surface area contributed by atoms with Crippen LogP contribution in [0.1, 0.15) is 35.2 Å². The lowest BCUT2D eigenvalue weighted by molar-refractivity contribution is -0.124. The van der Waals surface area contributed by atoms with Gasteiger partial charge in [-0.1, -0.05) is 18.2 Å². The molecule has 1 saturated heterocycles. The van der Waals surface area contributed by atoms with Crippen LogP contribution >= 0.6 is 0 Å². The Morgan fingerprint density at radius 3 is 2.76 bits per heavy atom. The molecular formula is C24H28N2O7S. The van der Waals surface area contributed by atoms with E-state index in [-0.39, 0.29) is 22.3 Å². The van der Waals surface area contributed by atoms with Gasteiger partial charge in [0.05, 0.1) is 24.5 Å². The average Bonchev–Trinajstić information content (AvgIpc) is 3.39. The molecule has 0 aliphatic carbocycles. The first-order chi connectivity index (χ1) is 16.4. The molecule has 0 unspecified atom stereocenters. The number of carbonyl (C=O) groups excluding carboxylic acids is 2. The van der Waals surface area contributed by atoms with Crippen molar-refractivity contribution in [1.82, 2.24) is 5.32 Å². The molecule has 0 spiro atoms. The first kappa shape index (κ1) is 24.0. The summed E-state index contributed by atoms with van der Waals surface area (Å²) in [5.41, 5.74) is 1.57. The number of nitrogens with zero attached hydrogens (tertiary/aromatic N) is 1. The quantitative estimate of drug-likeness (QED) is 0.568. The molecule has 4 rings (SSSR count). The monoisotopic (exact) mass is 488 g/mol. The molecule has 2 aliphatic heterocycles. The Morgan fingerprint density at radius 2 is 2.00 bits per heavy atom. The third-order valence-electron chi connectivity index (χ3n) is 5.92. The zero-order valence-electron chi connectivity index (χ0n) is 19.0. The molecular weight excluding hydrogens is 460 g/mol. The molecule has 0 radical (unpaired) electrons. The number of sulfonamides is 1. The Kier molecular flexibility index (Phi) is 7.38. The number of hydrogen-bond donors (Lipinski definition) is 1. The smallest absolute Gasteiger partial charge is 0.338 e. The van der Waals surface area contributed by atoms with Crippen molar-refractivity contribution >= 4 is 27.6 Å². The van der Waals surface area contributed by atoms with Crippen molar-refractivity contribution in [3.8, 4) is 5.75 Å². The Morgan fingerprint density at radius 1 is 1.18 bits per heavy atom. The van der Waals surface area contributed by atoms with Gasteiger partial charge in [-0.3, -0.25) is 9.10 Å². The topological polar surface area (TPSA) is 111 Å². The van der Waals surface area contributed by atoms with E-state index in [1.165, 1.54) is 29.6 Å². The number of benzene rings is 2. The molecule has 1 fully saturated rings. The number of hydrogen-bond acceptors (Lipinski definition) is 7. The van der Waals surface area contributed by atoms with E-state index < -0.39 is 28.5 Å². The Labute approximate surface area is 199 Å². The van der Waals surface area contributed by atoms with E-state index in [4.69, 9.17) is 14.2 Å². The summed E-state index contributed by atoms with van der Waals surface area (Å²) in [6, 6.07) is 11.4. The highest BCUT2D eigenvalue weighted by molar-refractivity contribution is 7.93. The predicted molar refractivity (Wildman–Crippen MR) is 125 cm³/mol. The van der Waals surface area contributed by atoms with Crippen molar-refractivity contribution < 1.29 is 32.2 Å². The van der Waals surface area contributed by atoms with Crippen molar-refractivity contribution in [2.75, 3.05) is 37.7 Å². The maximum Gasteiger partial charge on any atom is 0.338 e. The summed E-state index contributed by atoms with van der Waals surface area (Å²) in [6.45, 7) is 0.890. The number of anilines is 1. The first-order valence-corrected chi connectivity index (χ1v) is 12.7. The van der Waals surface area contributed by atoms with Crippen molar-refractivity contribution in [2.24, 2.45) is 0 Å². The zero-order chi connectivity index (χ0) is 24.1. The molecule has 2 aliphatic rings. The molecule has 2 heterocycles. The Bertz CT molecular complexity index is 1160. The normalized spacial score (nSPS) is 17.7. The lowest BCUT2D eigenvalue weighted by atomic mass is 10.0. The number of para-hydroxylation sites is 1. The van der Waals surface area contributed by atoms with Crippen LogP contribution in [0.2, 0.25) is 0 Å². The number of methoxy groups -OCH3 is 1. The molecule has 0 saturated carbocycles. The van der Waals surface area contributed by atoms with Crippen LogP contribution in [-0.2, 0) is 30.7 Å². The van der Waals surface area contributed by atoms with Crippen LogP contribution < -0.4 is 14.4 Å². The van der Waals surface area contributed by atoms with E-state index in [9.17, 15) is 18.0 Å². The summed E-state index contributed by atoms with van der Waals surface area (Å²) >= 11 is 0. The largest absolute Gasteiger partial charge is 0.495 e. The molecule has 2 aromatic carbocycles. The van der Waals surface area contributed by atoms with Crippen LogP contribution in [0, 0.1) is 0 Å². The Hall–Kier alpha value is -3.11. The van der Waals surface area contributed by atoms with Crippen molar-refractivity contribution in [1.29, 1.82) is 0 Å². The van der Waals surface area contributed by atoms with Gasteiger partial charge in [-0.25, -0.2) is 13.2 Å². The van der Waals surface area contributed by atoms with Gasteiger partial charge in [0.25, 0.3) is 15.9 Å². The summed E-state index contributed by atoms with van der Waals surface area (Å²) in [5, 5.41) is 2.67. The van der Waals surface area contributed by atoms with Gasteiger partial charge in [-0.05, 0) is 55.5 Å². The van der Waals surface area contributed by atoms with Crippen LogP contribution in [0.4, 0.5) is 5.69 Å². The van der Waals surface area contributed by atoms with Crippen LogP contribution in [0.15, 0.2) is 47.4 Å². The first-order valence-electron chi connectivity index (χ1n) is 11.2. The minimum Gasteiger partial charge on any atom is -0.495 e. The van der Waals surface area contributed by atoms with Crippen LogP contribution in [0.5, 0.6) is 5.75 Å². The summed E-state index contributed by atoms with van der Waals surface area (Å²) in [5.74, 6) is -1.13. The maximum absolute atomic E-state index is 13.6. The molecule has 182 valence electrons. The molecule has 9 nitrogen and oxygen atoms in total. The molecule has 10 heteroatoms. The number of carbonyl (C=O) groups is 2. The molecule has 2 aromatic rings. The van der Waals surface area contributed by atoms with Gasteiger partial charge in [0.1, 0.15) is 10.6 Å². The fourth-order valence-electron chi connectivity index (χ4n) is 4.17. The van der Waals surface area contributed by atoms with Crippen molar-refractivity contribution in [3.05, 3.63) is 53.6 Å². The highest BCUT2D eigenvalue weighted by Crippen LogP contribution is 2.35. The van der Waals surface area contributed by atoms with Gasteiger partial charge in [0, 0.05) is 19.7 Å². The van der Waals surface area contributed by atoms with Crippen molar-refractivity contribution in [2.45, 2.75) is 36.7 Å². The third-order valence-corrected chi connectivity index (χ3v) is 7.75. The SMILES string of the molecule is COc1ccc(C(=O)OCC(=O)NC[C@@H]2CCCO2)cc1S(=O)(=O)N1CCCc2ccccc21. The molecule has 34 heavy (non-hydrogen) atoms. The summed E-state index contributed by atoms with van der Waals surface area (Å²) in [6.07, 6.45) is 3.29. The standard InChI is InChI=1S/C24H28N2O7S/c1-31-21-11-10-18(24(28)33-16-23(27)25-15-19-8-5-13-32-19)14-22(21)34(29,30)26-12-4-7-17-6-2-3-9-20(17)26/h2-3,6,9-11,14,19H,4-5,7-8,12-13,15-16H2,1H3,(H,25,27)/t19-/m0/s1. The highest BCUT2D eigenvalue weighted by Gasteiger charge is 2.32. The van der Waals surface area contributed by atoms with Gasteiger partial charge in [-0.2, -0.15) is 0 Å². The summed E-state index contributed by atoms with van der Waals surface area (Å²) < 4.78 is 44.4. The van der Waals surface area contributed by atoms with E-state index in [2.05, 4.69) is 5.32 Å². The van der Waals surface area contributed by atoms with Crippen LogP contribution in [-0.4, -0.2) is 59.8 Å². The van der Waals surface area contributed by atoms with Gasteiger partial charge >= 0.3 is 5.97 Å². The lowest BCUT2D eigenvalue weighted by Crippen LogP contribution is -2.36. The van der Waals surface area contributed by atoms with E-state index in [1.54, 1.807) is 12.1 Å². The number of nitrogens with one attached hydrogen (secondary N) is 1. The molecule has 1 atom stereocenters. The second-order valence-electron chi connectivity index (χ2n) is 8.19. The van der Waals surface area contributed by atoms with Gasteiger partial charge in [0.15, 0.2) is 6.61 Å². The van der Waals surface area contributed by atoms with Crippen LogP contribution in [0.3, 0.4) is 0 Å². The van der Waals surface area contributed by atoms with E-state index in [1.807, 2.05) is 12.1 Å². The van der Waals surface area contributed by atoms with Gasteiger partial charge in [-0.15, -0.1) is 0 Å². The third kappa shape index (κ3) is 5.18. The number of amides is 1. The van der Waals surface area contributed by atoms with Crippen molar-refractivity contribution in [3.63, 3.8) is 0 Å². The van der Waals surface area contributed by atoms with Gasteiger partial charge in [0.2, 0.25) is 0 Å². The predicted octanol–water partition coefficient (Wildman–Crippen LogP) is 2.29. The second kappa shape index (κ2) is 10.4. The summed E-state index contributed by atoms with van der Waals surface area (Å²) in [4.78, 5) is 24.5. The Balaban J connectivity index is 1.49. The second-order valence-corrected chi connectivity index (χ2v) is 10.0. The molecule has 1 N–H and O–H groups in total. The number of aryl methyl sites for hydroxylation is 1. The number of ether oxygens (including phenoxy) is 3. The fraction of sp³-hybridized carbons (Fsp3) is 0.417.